The van der Waals surface area contributed by atoms with Crippen LogP contribution in [0.15, 0.2) is 59.1 Å². The first-order valence-corrected chi connectivity index (χ1v) is 8.64. The maximum Gasteiger partial charge on any atom is 0.306 e. The Labute approximate surface area is 161 Å². The summed E-state index contributed by atoms with van der Waals surface area (Å²) in [6.45, 7) is 0.305. The predicted octanol–water partition coefficient (Wildman–Crippen LogP) is 3.91. The van der Waals surface area contributed by atoms with E-state index in [4.69, 9.17) is 19.2 Å². The first-order chi connectivity index (χ1) is 13.7. The Hall–Kier alpha value is -3.66. The molecule has 0 atom stereocenters. The number of nitriles is 1. The van der Waals surface area contributed by atoms with Crippen LogP contribution in [0.2, 0.25) is 0 Å². The van der Waals surface area contributed by atoms with Gasteiger partial charge in [0, 0.05) is 6.42 Å². The number of esters is 1. The molecule has 0 N–H and O–H groups in total. The van der Waals surface area contributed by atoms with E-state index in [1.165, 1.54) is 12.3 Å². The van der Waals surface area contributed by atoms with Gasteiger partial charge in [0.2, 0.25) is 0 Å². The molecule has 3 aromatic rings. The van der Waals surface area contributed by atoms with Gasteiger partial charge in [-0.25, -0.2) is 9.37 Å². The third-order valence-electron chi connectivity index (χ3n) is 3.83. The lowest BCUT2D eigenvalue weighted by molar-refractivity contribution is -0.144. The molecule has 28 heavy (non-hydrogen) atoms. The molecule has 0 amide bonds. The van der Waals surface area contributed by atoms with Gasteiger partial charge in [0.05, 0.1) is 29.8 Å². The van der Waals surface area contributed by atoms with Crippen LogP contribution in [0.3, 0.4) is 0 Å². The van der Waals surface area contributed by atoms with E-state index >= 15 is 0 Å². The first kappa shape index (κ1) is 19.1. The van der Waals surface area contributed by atoms with Crippen molar-refractivity contribution in [2.45, 2.75) is 12.8 Å². The number of hydrogen-bond acceptors (Lipinski definition) is 6. The molecule has 3 rings (SSSR count). The van der Waals surface area contributed by atoms with Crippen LogP contribution >= 0.6 is 0 Å². The van der Waals surface area contributed by atoms with Gasteiger partial charge in [-0.3, -0.25) is 4.79 Å². The summed E-state index contributed by atoms with van der Waals surface area (Å²) >= 11 is 0. The highest BCUT2D eigenvalue weighted by atomic mass is 19.1. The highest BCUT2D eigenvalue weighted by Gasteiger charge is 2.12. The fourth-order valence-electron chi connectivity index (χ4n) is 2.43. The lowest BCUT2D eigenvalue weighted by Crippen LogP contribution is -2.12. The summed E-state index contributed by atoms with van der Waals surface area (Å²) in [5.74, 6) is 0.442. The van der Waals surface area contributed by atoms with Gasteiger partial charge in [0.1, 0.15) is 24.8 Å². The number of benzene rings is 2. The average Bonchev–Trinajstić information content (AvgIpc) is 3.19. The minimum absolute atomic E-state index is 0.0914. The van der Waals surface area contributed by atoms with E-state index in [9.17, 15) is 9.18 Å². The SMILES string of the molecule is N#Cc1ccc(OCCOC(=O)CCc2ncc(-c3ccccc3F)o2)cc1. The third kappa shape index (κ3) is 5.17. The van der Waals surface area contributed by atoms with Crippen LogP contribution in [0.5, 0.6) is 5.75 Å². The van der Waals surface area contributed by atoms with E-state index in [0.717, 1.165) is 0 Å². The van der Waals surface area contributed by atoms with Crippen LogP contribution in [0.4, 0.5) is 4.39 Å². The van der Waals surface area contributed by atoms with Crippen molar-refractivity contribution in [2.75, 3.05) is 13.2 Å². The Kier molecular flexibility index (Phi) is 6.37. The molecule has 0 fully saturated rings. The van der Waals surface area contributed by atoms with E-state index in [1.54, 1.807) is 42.5 Å². The minimum atomic E-state index is -0.408. The average molecular weight is 380 g/mol. The number of nitrogens with zero attached hydrogens (tertiary/aromatic N) is 2. The molecule has 0 unspecified atom stereocenters. The maximum absolute atomic E-state index is 13.7. The fraction of sp³-hybridized carbons (Fsp3) is 0.190. The van der Waals surface area contributed by atoms with E-state index in [-0.39, 0.29) is 26.1 Å². The molecule has 2 aromatic carbocycles. The molecule has 0 bridgehead atoms. The Morgan fingerprint density at radius 3 is 2.68 bits per heavy atom. The number of oxazole rings is 1. The van der Waals surface area contributed by atoms with Gasteiger partial charge in [-0.15, -0.1) is 0 Å². The molecule has 0 saturated carbocycles. The Balaban J connectivity index is 1.39. The molecule has 142 valence electrons. The van der Waals surface area contributed by atoms with Gasteiger partial charge in [-0.2, -0.15) is 5.26 Å². The molecule has 0 aliphatic heterocycles. The van der Waals surface area contributed by atoms with Crippen LogP contribution < -0.4 is 4.74 Å². The summed E-state index contributed by atoms with van der Waals surface area (Å²) in [6.07, 6.45) is 1.78. The zero-order valence-corrected chi connectivity index (χ0v) is 14.9. The van der Waals surface area contributed by atoms with Gasteiger partial charge in [-0.1, -0.05) is 12.1 Å². The van der Waals surface area contributed by atoms with E-state index < -0.39 is 11.8 Å². The Morgan fingerprint density at radius 2 is 1.93 bits per heavy atom. The molecule has 0 aliphatic rings. The van der Waals surface area contributed by atoms with Crippen molar-refractivity contribution in [3.63, 3.8) is 0 Å². The summed E-state index contributed by atoms with van der Waals surface area (Å²) in [4.78, 5) is 15.9. The van der Waals surface area contributed by atoms with Crippen LogP contribution in [0.25, 0.3) is 11.3 Å². The second-order valence-corrected chi connectivity index (χ2v) is 5.80. The number of halogens is 1. The third-order valence-corrected chi connectivity index (χ3v) is 3.83. The van der Waals surface area contributed by atoms with Crippen molar-refractivity contribution in [2.24, 2.45) is 0 Å². The molecule has 7 heteroatoms. The summed E-state index contributed by atoms with van der Waals surface area (Å²) in [5, 5.41) is 8.73. The summed E-state index contributed by atoms with van der Waals surface area (Å²) in [5.41, 5.74) is 0.868. The standard InChI is InChI=1S/C21H17FN2O4/c22-18-4-2-1-3-17(18)19-14-24-20(28-19)9-10-21(25)27-12-11-26-16-7-5-15(13-23)6-8-16/h1-8,14H,9-12H2. The normalized spacial score (nSPS) is 10.3. The molecule has 1 aromatic heterocycles. The van der Waals surface area contributed by atoms with Crippen molar-refractivity contribution >= 4 is 5.97 Å². The number of rotatable bonds is 8. The van der Waals surface area contributed by atoms with Crippen molar-refractivity contribution in [1.29, 1.82) is 5.26 Å². The van der Waals surface area contributed by atoms with Gasteiger partial charge in [0.25, 0.3) is 0 Å². The lowest BCUT2D eigenvalue weighted by Gasteiger charge is -2.07. The zero-order chi connectivity index (χ0) is 19.8. The zero-order valence-electron chi connectivity index (χ0n) is 14.9. The fourth-order valence-corrected chi connectivity index (χ4v) is 2.43. The van der Waals surface area contributed by atoms with Crippen LogP contribution in [0, 0.1) is 17.1 Å². The van der Waals surface area contributed by atoms with E-state index in [1.807, 2.05) is 6.07 Å². The Bertz CT molecular complexity index is 977. The summed E-state index contributed by atoms with van der Waals surface area (Å²) in [6, 6.07) is 14.9. The van der Waals surface area contributed by atoms with Crippen LogP contribution in [0.1, 0.15) is 17.9 Å². The summed E-state index contributed by atoms with van der Waals surface area (Å²) < 4.78 is 29.8. The topological polar surface area (TPSA) is 85.4 Å². The molecule has 0 saturated heterocycles. The number of aromatic nitrogens is 1. The number of carbonyl (C=O) groups is 1. The van der Waals surface area contributed by atoms with Crippen LogP contribution in [-0.2, 0) is 16.0 Å². The highest BCUT2D eigenvalue weighted by Crippen LogP contribution is 2.23. The lowest BCUT2D eigenvalue weighted by atomic mass is 10.2. The van der Waals surface area contributed by atoms with Crippen molar-refractivity contribution < 1.29 is 23.1 Å². The quantitative estimate of drug-likeness (QED) is 0.435. The molecule has 0 radical (unpaired) electrons. The van der Waals surface area contributed by atoms with Crippen molar-refractivity contribution in [3.8, 4) is 23.1 Å². The monoisotopic (exact) mass is 380 g/mol. The van der Waals surface area contributed by atoms with Gasteiger partial charge < -0.3 is 13.9 Å². The second kappa shape index (κ2) is 9.33. The summed E-state index contributed by atoms with van der Waals surface area (Å²) in [7, 11) is 0. The highest BCUT2D eigenvalue weighted by molar-refractivity contribution is 5.69. The molecule has 1 heterocycles. The number of ether oxygens (including phenoxy) is 2. The number of hydrogen-bond donors (Lipinski definition) is 0. The van der Waals surface area contributed by atoms with Crippen molar-refractivity contribution in [3.05, 3.63) is 72.0 Å². The number of carbonyl (C=O) groups excluding carboxylic acids is 1. The molecular weight excluding hydrogens is 363 g/mol. The number of aryl methyl sites for hydroxylation is 1. The second-order valence-electron chi connectivity index (χ2n) is 5.80. The largest absolute Gasteiger partial charge is 0.490 e. The first-order valence-electron chi connectivity index (χ1n) is 8.64. The van der Waals surface area contributed by atoms with E-state index in [0.29, 0.717) is 28.5 Å². The van der Waals surface area contributed by atoms with Gasteiger partial charge in [0.15, 0.2) is 11.7 Å². The van der Waals surface area contributed by atoms with Crippen molar-refractivity contribution in [1.82, 2.24) is 4.98 Å². The van der Waals surface area contributed by atoms with Gasteiger partial charge >= 0.3 is 5.97 Å². The maximum atomic E-state index is 13.7. The van der Waals surface area contributed by atoms with Gasteiger partial charge in [-0.05, 0) is 36.4 Å². The molecular formula is C21H17FN2O4. The Morgan fingerprint density at radius 1 is 1.14 bits per heavy atom. The molecule has 0 spiro atoms. The smallest absolute Gasteiger partial charge is 0.306 e. The molecule has 6 nitrogen and oxygen atoms in total. The van der Waals surface area contributed by atoms with E-state index in [2.05, 4.69) is 4.98 Å². The minimum Gasteiger partial charge on any atom is -0.490 e. The predicted molar refractivity (Wildman–Crippen MR) is 97.8 cm³/mol. The molecule has 0 aliphatic carbocycles. The van der Waals surface area contributed by atoms with Crippen LogP contribution in [-0.4, -0.2) is 24.2 Å².